The van der Waals surface area contributed by atoms with Gasteiger partial charge in [0.25, 0.3) is 5.56 Å². The van der Waals surface area contributed by atoms with Crippen LogP contribution >= 0.6 is 0 Å². The maximum absolute atomic E-state index is 12.6. The van der Waals surface area contributed by atoms with Crippen LogP contribution in [0.25, 0.3) is 0 Å². The van der Waals surface area contributed by atoms with Gasteiger partial charge in [0, 0.05) is 19.2 Å². The van der Waals surface area contributed by atoms with Gasteiger partial charge >= 0.3 is 11.7 Å². The van der Waals surface area contributed by atoms with Crippen LogP contribution in [0.5, 0.6) is 5.75 Å². The Morgan fingerprint density at radius 1 is 0.925 bits per heavy atom. The normalized spacial score (nSPS) is 18.8. The minimum atomic E-state index is -1.05. The fraction of sp³-hybridized carbons (Fsp3) is 0.258. The topological polar surface area (TPSA) is 109 Å². The first-order valence-corrected chi connectivity index (χ1v) is 12.9. The summed E-state index contributed by atoms with van der Waals surface area (Å²) < 4.78 is 25.4. The van der Waals surface area contributed by atoms with Crippen molar-refractivity contribution in [2.45, 2.75) is 30.8 Å². The van der Waals surface area contributed by atoms with Crippen molar-refractivity contribution < 1.29 is 23.7 Å². The molecule has 0 bridgehead atoms. The Kier molecular flexibility index (Phi) is 7.95. The van der Waals surface area contributed by atoms with Gasteiger partial charge in [-0.2, -0.15) is 0 Å². The highest BCUT2D eigenvalue weighted by atomic mass is 16.6. The Bertz CT molecular complexity index is 1510. The summed E-state index contributed by atoms with van der Waals surface area (Å²) in [7, 11) is 1.61. The molecular weight excluding hydrogens is 512 g/mol. The molecule has 9 heteroatoms. The molecule has 206 valence electrons. The van der Waals surface area contributed by atoms with Crippen molar-refractivity contribution in [1.29, 1.82) is 0 Å². The molecule has 3 aromatic carbocycles. The van der Waals surface area contributed by atoms with Crippen LogP contribution in [0.4, 0.5) is 0 Å². The van der Waals surface area contributed by atoms with Crippen molar-refractivity contribution in [1.82, 2.24) is 9.55 Å². The molecule has 4 aromatic rings. The van der Waals surface area contributed by atoms with Gasteiger partial charge in [-0.15, -0.1) is 0 Å². The first kappa shape index (κ1) is 27.1. The minimum absolute atomic E-state index is 0.0301. The zero-order valence-electron chi connectivity index (χ0n) is 22.2. The molecule has 0 spiro atoms. The van der Waals surface area contributed by atoms with E-state index in [1.165, 1.54) is 23.8 Å². The molecular formula is C31H30N2O7. The number of hydrogen-bond donors (Lipinski definition) is 1. The van der Waals surface area contributed by atoms with Crippen molar-refractivity contribution in [3.05, 3.63) is 135 Å². The molecule has 1 aliphatic heterocycles. The fourth-order valence-corrected chi connectivity index (χ4v) is 5.20. The van der Waals surface area contributed by atoms with Crippen LogP contribution in [0, 0.1) is 0 Å². The van der Waals surface area contributed by atoms with Crippen LogP contribution in [0.2, 0.25) is 0 Å². The van der Waals surface area contributed by atoms with Crippen molar-refractivity contribution in [2.24, 2.45) is 0 Å². The van der Waals surface area contributed by atoms with Gasteiger partial charge in [0.15, 0.2) is 6.10 Å². The van der Waals surface area contributed by atoms with Crippen LogP contribution in [-0.4, -0.2) is 48.1 Å². The van der Waals surface area contributed by atoms with Crippen LogP contribution in [-0.2, 0) is 24.6 Å². The van der Waals surface area contributed by atoms with E-state index in [4.69, 9.17) is 18.9 Å². The summed E-state index contributed by atoms with van der Waals surface area (Å²) in [5.74, 6) is 0.192. The van der Waals surface area contributed by atoms with Crippen molar-refractivity contribution in [3.8, 4) is 5.75 Å². The van der Waals surface area contributed by atoms with E-state index in [1.54, 1.807) is 7.11 Å². The maximum atomic E-state index is 12.6. The minimum Gasteiger partial charge on any atom is -0.497 e. The van der Waals surface area contributed by atoms with Gasteiger partial charge in [-0.1, -0.05) is 72.8 Å². The number of carbonyl (C=O) groups excluding carboxylic acids is 1. The maximum Gasteiger partial charge on any atom is 0.328 e. The number of methoxy groups -OCH3 is 1. The van der Waals surface area contributed by atoms with E-state index in [0.29, 0.717) is 5.75 Å². The van der Waals surface area contributed by atoms with Gasteiger partial charge in [-0.05, 0) is 28.8 Å². The third kappa shape index (κ3) is 5.34. The average molecular weight is 543 g/mol. The Morgan fingerprint density at radius 2 is 1.52 bits per heavy atom. The molecule has 1 aliphatic rings. The number of H-pyrrole nitrogens is 1. The summed E-state index contributed by atoms with van der Waals surface area (Å²) >= 11 is 0. The van der Waals surface area contributed by atoms with E-state index < -0.39 is 41.1 Å². The summed E-state index contributed by atoms with van der Waals surface area (Å²) in [5.41, 5.74) is 0.469. The van der Waals surface area contributed by atoms with Gasteiger partial charge < -0.3 is 18.9 Å². The zero-order valence-corrected chi connectivity index (χ0v) is 22.2. The molecule has 5 rings (SSSR count). The molecule has 0 aliphatic carbocycles. The highest BCUT2D eigenvalue weighted by Gasteiger charge is 2.45. The number of ether oxygens (including phenoxy) is 4. The smallest absolute Gasteiger partial charge is 0.328 e. The number of hydrogen-bond acceptors (Lipinski definition) is 7. The molecule has 0 unspecified atom stereocenters. The molecule has 3 atom stereocenters. The van der Waals surface area contributed by atoms with E-state index in [9.17, 15) is 14.4 Å². The number of benzene rings is 3. The fourth-order valence-electron chi connectivity index (χ4n) is 5.20. The SMILES string of the molecule is COc1ccc(C(OC[C@@H]2OC[C@H](n3ccc(=O)[nH]c3=O)[C@H]2OC(C)=O)(c2ccccc2)c2ccccc2)cc1. The Labute approximate surface area is 230 Å². The zero-order chi connectivity index (χ0) is 28.1. The second kappa shape index (κ2) is 11.7. The van der Waals surface area contributed by atoms with E-state index in [0.717, 1.165) is 16.7 Å². The number of esters is 1. The molecule has 1 fully saturated rings. The lowest BCUT2D eigenvalue weighted by atomic mass is 9.80. The second-order valence-electron chi connectivity index (χ2n) is 9.48. The highest BCUT2D eigenvalue weighted by Crippen LogP contribution is 2.42. The largest absolute Gasteiger partial charge is 0.497 e. The second-order valence-corrected chi connectivity index (χ2v) is 9.48. The average Bonchev–Trinajstić information content (AvgIpc) is 3.36. The third-order valence-electron chi connectivity index (χ3n) is 7.06. The van der Waals surface area contributed by atoms with Crippen molar-refractivity contribution in [2.75, 3.05) is 20.3 Å². The lowest BCUT2D eigenvalue weighted by molar-refractivity contribution is -0.153. The quantitative estimate of drug-likeness (QED) is 0.255. The monoisotopic (exact) mass is 542 g/mol. The predicted octanol–water partition coefficient (Wildman–Crippen LogP) is 3.43. The van der Waals surface area contributed by atoms with E-state index in [2.05, 4.69) is 4.98 Å². The number of nitrogens with one attached hydrogen (secondary N) is 1. The molecule has 0 radical (unpaired) electrons. The summed E-state index contributed by atoms with van der Waals surface area (Å²) in [6, 6.07) is 28.0. The van der Waals surface area contributed by atoms with Crippen molar-refractivity contribution in [3.63, 3.8) is 0 Å². The number of carbonyl (C=O) groups is 1. The Morgan fingerprint density at radius 3 is 2.08 bits per heavy atom. The van der Waals surface area contributed by atoms with Crippen LogP contribution in [0.3, 0.4) is 0 Å². The summed E-state index contributed by atoms with van der Waals surface area (Å²) in [4.78, 5) is 38.5. The highest BCUT2D eigenvalue weighted by molar-refractivity contribution is 5.66. The van der Waals surface area contributed by atoms with Gasteiger partial charge in [0.2, 0.25) is 0 Å². The Hall–Kier alpha value is -4.47. The lowest BCUT2D eigenvalue weighted by Crippen LogP contribution is -2.42. The van der Waals surface area contributed by atoms with Gasteiger partial charge in [0.1, 0.15) is 23.5 Å². The van der Waals surface area contributed by atoms with Crippen molar-refractivity contribution >= 4 is 5.97 Å². The number of aromatic amines is 1. The summed E-state index contributed by atoms with van der Waals surface area (Å²) in [6.45, 7) is 1.42. The van der Waals surface area contributed by atoms with E-state index >= 15 is 0 Å². The molecule has 0 saturated carbocycles. The molecule has 1 N–H and O–H groups in total. The summed E-state index contributed by atoms with van der Waals surface area (Å²) in [5, 5.41) is 0. The third-order valence-corrected chi connectivity index (χ3v) is 7.06. The summed E-state index contributed by atoms with van der Waals surface area (Å²) in [6.07, 6.45) is -0.149. The first-order chi connectivity index (χ1) is 19.4. The number of nitrogens with zero attached hydrogens (tertiary/aromatic N) is 1. The van der Waals surface area contributed by atoms with E-state index in [-0.39, 0.29) is 13.2 Å². The van der Waals surface area contributed by atoms with E-state index in [1.807, 2.05) is 84.9 Å². The standard InChI is InChI=1S/C31H30N2O7/c1-21(34)40-29-26(33-18-17-28(35)32-30(33)36)19-38-27(29)20-39-31(22-9-5-3-6-10-22,23-11-7-4-8-12-23)24-13-15-25(37-2)16-14-24/h3-18,26-27,29H,19-20H2,1-2H3,(H,32,35,36)/t26-,27-,29+/m0/s1. The molecule has 1 aromatic heterocycles. The molecule has 0 amide bonds. The predicted molar refractivity (Wildman–Crippen MR) is 147 cm³/mol. The van der Waals surface area contributed by atoms with Gasteiger partial charge in [-0.25, -0.2) is 4.79 Å². The van der Waals surface area contributed by atoms with Gasteiger partial charge in [0.05, 0.1) is 20.3 Å². The van der Waals surface area contributed by atoms with Crippen LogP contribution in [0.1, 0.15) is 29.7 Å². The number of aromatic nitrogens is 2. The first-order valence-electron chi connectivity index (χ1n) is 12.9. The molecule has 1 saturated heterocycles. The van der Waals surface area contributed by atoms with Crippen LogP contribution < -0.4 is 16.0 Å². The molecule has 2 heterocycles. The Balaban J connectivity index is 1.56. The lowest BCUT2D eigenvalue weighted by Gasteiger charge is -2.37. The van der Waals surface area contributed by atoms with Gasteiger partial charge in [-0.3, -0.25) is 19.1 Å². The molecule has 40 heavy (non-hydrogen) atoms. The van der Waals surface area contributed by atoms with Crippen LogP contribution in [0.15, 0.2) is 107 Å². The molecule has 9 nitrogen and oxygen atoms in total. The number of rotatable bonds is 9.